The summed E-state index contributed by atoms with van der Waals surface area (Å²) in [5, 5.41) is 2.17. The van der Waals surface area contributed by atoms with Gasteiger partial charge >= 0.3 is 0 Å². The minimum absolute atomic E-state index is 0.180. The van der Waals surface area contributed by atoms with Gasteiger partial charge < -0.3 is 15.0 Å². The fourth-order valence-electron chi connectivity index (χ4n) is 2.64. The van der Waals surface area contributed by atoms with E-state index in [2.05, 4.69) is 5.32 Å². The average Bonchev–Trinajstić information content (AvgIpc) is 2.72. The average molecular weight is 408 g/mol. The fourth-order valence-corrected chi connectivity index (χ4v) is 2.64. The van der Waals surface area contributed by atoms with Gasteiger partial charge in [-0.2, -0.15) is 0 Å². The molecule has 0 aliphatic carbocycles. The van der Waals surface area contributed by atoms with Gasteiger partial charge in [-0.05, 0) is 37.1 Å². The molecule has 0 radical (unpaired) electrons. The van der Waals surface area contributed by atoms with E-state index in [1.54, 1.807) is 0 Å². The van der Waals surface area contributed by atoms with Crippen molar-refractivity contribution >= 4 is 17.5 Å². The summed E-state index contributed by atoms with van der Waals surface area (Å²) in [7, 11) is 0. The molecule has 8 heteroatoms. The lowest BCUT2D eigenvalue weighted by molar-refractivity contribution is -0.134. The SMILES string of the molecule is CCCN(CC(=O)Nc1ccc(F)c(F)c1F)C(=O)CCCOc1ccccc1. The predicted molar refractivity (Wildman–Crippen MR) is 103 cm³/mol. The quantitative estimate of drug-likeness (QED) is 0.475. The summed E-state index contributed by atoms with van der Waals surface area (Å²) >= 11 is 0. The number of hydrogen-bond donors (Lipinski definition) is 1. The second-order valence-corrected chi connectivity index (χ2v) is 6.35. The number of nitrogens with one attached hydrogen (secondary N) is 1. The smallest absolute Gasteiger partial charge is 0.244 e. The van der Waals surface area contributed by atoms with Crippen molar-refractivity contribution in [2.45, 2.75) is 26.2 Å². The number of benzene rings is 2. The monoisotopic (exact) mass is 408 g/mol. The number of halogens is 3. The van der Waals surface area contributed by atoms with E-state index in [0.717, 1.165) is 12.1 Å². The molecule has 29 heavy (non-hydrogen) atoms. The predicted octanol–water partition coefficient (Wildman–Crippen LogP) is 4.14. The van der Waals surface area contributed by atoms with Crippen LogP contribution in [0.3, 0.4) is 0 Å². The summed E-state index contributed by atoms with van der Waals surface area (Å²) in [6.07, 6.45) is 1.27. The molecule has 0 fully saturated rings. The van der Waals surface area contributed by atoms with Crippen molar-refractivity contribution in [3.05, 3.63) is 59.9 Å². The van der Waals surface area contributed by atoms with Crippen molar-refractivity contribution < 1.29 is 27.5 Å². The molecule has 0 saturated heterocycles. The molecule has 0 spiro atoms. The molecule has 0 atom stereocenters. The molecule has 5 nitrogen and oxygen atoms in total. The van der Waals surface area contributed by atoms with Crippen molar-refractivity contribution in [2.24, 2.45) is 0 Å². The van der Waals surface area contributed by atoms with Crippen LogP contribution in [0.1, 0.15) is 26.2 Å². The molecule has 2 rings (SSSR count). The van der Waals surface area contributed by atoms with Gasteiger partial charge in [0, 0.05) is 13.0 Å². The van der Waals surface area contributed by atoms with Crippen LogP contribution in [0.5, 0.6) is 5.75 Å². The van der Waals surface area contributed by atoms with Gasteiger partial charge in [0.2, 0.25) is 11.8 Å². The maximum atomic E-state index is 13.7. The third kappa shape index (κ3) is 6.81. The number of anilines is 1. The number of carbonyl (C=O) groups is 2. The van der Waals surface area contributed by atoms with Crippen LogP contribution in [0.25, 0.3) is 0 Å². The van der Waals surface area contributed by atoms with Crippen LogP contribution in [0.4, 0.5) is 18.9 Å². The standard InChI is InChI=1S/C21H23F3N2O3/c1-2-12-26(19(28)9-6-13-29-15-7-4-3-5-8-15)14-18(27)25-17-11-10-16(22)20(23)21(17)24/h3-5,7-8,10-11H,2,6,9,12-14H2,1H3,(H,25,27). The highest BCUT2D eigenvalue weighted by molar-refractivity contribution is 5.94. The number of rotatable bonds is 10. The topological polar surface area (TPSA) is 58.6 Å². The van der Waals surface area contributed by atoms with Crippen molar-refractivity contribution in [2.75, 3.05) is 25.0 Å². The second-order valence-electron chi connectivity index (χ2n) is 6.35. The summed E-state index contributed by atoms with van der Waals surface area (Å²) in [5.41, 5.74) is -0.478. The number of hydrogen-bond acceptors (Lipinski definition) is 3. The highest BCUT2D eigenvalue weighted by atomic mass is 19.2. The van der Waals surface area contributed by atoms with Crippen molar-refractivity contribution in [3.8, 4) is 5.75 Å². The number of para-hydroxylation sites is 1. The molecule has 0 aromatic heterocycles. The van der Waals surface area contributed by atoms with E-state index in [9.17, 15) is 22.8 Å². The molecule has 0 aliphatic rings. The summed E-state index contributed by atoms with van der Waals surface area (Å²) in [4.78, 5) is 25.9. The minimum Gasteiger partial charge on any atom is -0.494 e. The third-order valence-electron chi connectivity index (χ3n) is 4.04. The van der Waals surface area contributed by atoms with Gasteiger partial charge in [-0.15, -0.1) is 0 Å². The van der Waals surface area contributed by atoms with Crippen LogP contribution in [-0.4, -0.2) is 36.4 Å². The Morgan fingerprint density at radius 3 is 2.45 bits per heavy atom. The Kier molecular flexibility index (Phi) is 8.51. The van der Waals surface area contributed by atoms with E-state index in [4.69, 9.17) is 4.74 Å². The van der Waals surface area contributed by atoms with E-state index in [0.29, 0.717) is 31.7 Å². The lowest BCUT2D eigenvalue weighted by Crippen LogP contribution is -2.38. The summed E-state index contributed by atoms with van der Waals surface area (Å²) in [6.45, 7) is 2.23. The molecule has 1 N–H and O–H groups in total. The molecule has 0 saturated carbocycles. The maximum Gasteiger partial charge on any atom is 0.244 e. The zero-order valence-electron chi connectivity index (χ0n) is 16.1. The van der Waals surface area contributed by atoms with Gasteiger partial charge in [-0.25, -0.2) is 13.2 Å². The zero-order valence-corrected chi connectivity index (χ0v) is 16.1. The highest BCUT2D eigenvalue weighted by Gasteiger charge is 2.19. The highest BCUT2D eigenvalue weighted by Crippen LogP contribution is 2.19. The van der Waals surface area contributed by atoms with Crippen molar-refractivity contribution in [1.82, 2.24) is 4.90 Å². The Labute approximate surface area is 167 Å². The first-order chi connectivity index (χ1) is 13.9. The molecular formula is C21H23F3N2O3. The van der Waals surface area contributed by atoms with Crippen LogP contribution in [0.2, 0.25) is 0 Å². The van der Waals surface area contributed by atoms with Crippen molar-refractivity contribution in [3.63, 3.8) is 0 Å². The van der Waals surface area contributed by atoms with Gasteiger partial charge in [-0.1, -0.05) is 25.1 Å². The van der Waals surface area contributed by atoms with Crippen LogP contribution < -0.4 is 10.1 Å². The number of nitrogens with zero attached hydrogens (tertiary/aromatic N) is 1. The van der Waals surface area contributed by atoms with E-state index >= 15 is 0 Å². The molecule has 0 heterocycles. The van der Waals surface area contributed by atoms with E-state index < -0.39 is 29.0 Å². The summed E-state index contributed by atoms with van der Waals surface area (Å²) < 4.78 is 45.5. The van der Waals surface area contributed by atoms with E-state index in [1.807, 2.05) is 37.3 Å². The molecule has 2 amide bonds. The first-order valence-electron chi connectivity index (χ1n) is 9.31. The van der Waals surface area contributed by atoms with E-state index in [1.165, 1.54) is 4.90 Å². The largest absolute Gasteiger partial charge is 0.494 e. The Morgan fingerprint density at radius 2 is 1.76 bits per heavy atom. The van der Waals surface area contributed by atoms with Gasteiger partial charge in [0.1, 0.15) is 5.75 Å². The molecule has 0 unspecified atom stereocenters. The van der Waals surface area contributed by atoms with Gasteiger partial charge in [-0.3, -0.25) is 9.59 Å². The molecule has 2 aromatic carbocycles. The molecule has 0 bridgehead atoms. The second kappa shape index (κ2) is 11.1. The van der Waals surface area contributed by atoms with Crippen LogP contribution in [-0.2, 0) is 9.59 Å². The number of carbonyl (C=O) groups excluding carboxylic acids is 2. The number of amides is 2. The lowest BCUT2D eigenvalue weighted by Gasteiger charge is -2.22. The summed E-state index contributed by atoms with van der Waals surface area (Å²) in [6, 6.07) is 10.8. The van der Waals surface area contributed by atoms with Gasteiger partial charge in [0.05, 0.1) is 18.8 Å². The van der Waals surface area contributed by atoms with E-state index in [-0.39, 0.29) is 18.9 Å². The first-order valence-corrected chi connectivity index (χ1v) is 9.31. The van der Waals surface area contributed by atoms with Crippen LogP contribution in [0.15, 0.2) is 42.5 Å². The lowest BCUT2D eigenvalue weighted by atomic mass is 10.2. The molecule has 0 aliphatic heterocycles. The minimum atomic E-state index is -1.66. The Bertz CT molecular complexity index is 831. The normalized spacial score (nSPS) is 10.5. The Hall–Kier alpha value is -3.03. The fraction of sp³-hybridized carbons (Fsp3) is 0.333. The number of ether oxygens (including phenoxy) is 1. The van der Waals surface area contributed by atoms with Gasteiger partial charge in [0.15, 0.2) is 17.5 Å². The third-order valence-corrected chi connectivity index (χ3v) is 4.04. The molecule has 2 aromatic rings. The van der Waals surface area contributed by atoms with Crippen molar-refractivity contribution in [1.29, 1.82) is 0 Å². The van der Waals surface area contributed by atoms with Crippen LogP contribution >= 0.6 is 0 Å². The van der Waals surface area contributed by atoms with Gasteiger partial charge in [0.25, 0.3) is 0 Å². The molecular weight excluding hydrogens is 385 g/mol. The van der Waals surface area contributed by atoms with Crippen LogP contribution in [0, 0.1) is 17.5 Å². The first kappa shape index (κ1) is 22.3. The Balaban J connectivity index is 1.85. The molecule has 156 valence electrons. The summed E-state index contributed by atoms with van der Waals surface area (Å²) in [5.74, 6) is -4.73. The maximum absolute atomic E-state index is 13.7. The Morgan fingerprint density at radius 1 is 1.03 bits per heavy atom. The zero-order chi connectivity index (χ0) is 21.2.